The van der Waals surface area contributed by atoms with E-state index in [9.17, 15) is 8.78 Å². The average Bonchev–Trinajstić information content (AvgIpc) is 2.81. The topological polar surface area (TPSA) is 30.4 Å². The maximum atomic E-state index is 13.0. The molecule has 0 bridgehead atoms. The molecule has 5 heteroatoms. The van der Waals surface area contributed by atoms with E-state index in [1.165, 1.54) is 12.3 Å². The van der Waals surface area contributed by atoms with Gasteiger partial charge in [-0.05, 0) is 18.2 Å². The predicted octanol–water partition coefficient (Wildman–Crippen LogP) is 2.87. The van der Waals surface area contributed by atoms with Crippen LogP contribution in [-0.2, 0) is 0 Å². The first-order chi connectivity index (χ1) is 7.74. The molecule has 2 aromatic heterocycles. The lowest BCUT2D eigenvalue weighted by Crippen LogP contribution is -1.85. The van der Waals surface area contributed by atoms with E-state index in [-0.39, 0.29) is 0 Å². The minimum Gasteiger partial charge on any atom is -0.432 e. The van der Waals surface area contributed by atoms with Crippen molar-refractivity contribution >= 4 is 5.84 Å². The van der Waals surface area contributed by atoms with Crippen LogP contribution in [-0.4, -0.2) is 9.38 Å². The molecule has 0 aliphatic rings. The van der Waals surface area contributed by atoms with Crippen molar-refractivity contribution in [2.45, 2.75) is 0 Å². The Balaban J connectivity index is 2.15. The Morgan fingerprint density at radius 3 is 2.81 bits per heavy atom. The summed E-state index contributed by atoms with van der Waals surface area (Å²) in [5, 5.41) is 0. The Hall–Kier alpha value is -2.17. The summed E-state index contributed by atoms with van der Waals surface area (Å²) in [4.78, 5) is 4.12. The van der Waals surface area contributed by atoms with Crippen LogP contribution >= 0.6 is 0 Å². The van der Waals surface area contributed by atoms with Crippen molar-refractivity contribution in [3.8, 4) is 11.3 Å². The summed E-state index contributed by atoms with van der Waals surface area (Å²) in [5.74, 6) is -1.34. The van der Waals surface area contributed by atoms with E-state index in [4.69, 9.17) is 4.42 Å². The standard InChI is InChI=1S/C11H6F2N2O/c12-8-2-1-7(5-9(8)13)10-6-15-3-4-16-11(15)14-10/h1-6H. The molecule has 0 saturated carbocycles. The molecule has 0 amide bonds. The van der Waals surface area contributed by atoms with Gasteiger partial charge in [-0.1, -0.05) is 0 Å². The monoisotopic (exact) mass is 220 g/mol. The number of imidazole rings is 1. The minimum atomic E-state index is -0.887. The molecule has 0 fully saturated rings. The van der Waals surface area contributed by atoms with Gasteiger partial charge in [0.15, 0.2) is 11.6 Å². The van der Waals surface area contributed by atoms with Crippen LogP contribution in [0.2, 0.25) is 0 Å². The zero-order chi connectivity index (χ0) is 11.1. The Morgan fingerprint density at radius 1 is 1.19 bits per heavy atom. The fraction of sp³-hybridized carbons (Fsp3) is 0. The van der Waals surface area contributed by atoms with Gasteiger partial charge in [0.05, 0.1) is 5.69 Å². The van der Waals surface area contributed by atoms with Crippen LogP contribution in [0.15, 0.2) is 41.3 Å². The van der Waals surface area contributed by atoms with Crippen molar-refractivity contribution < 1.29 is 13.2 Å². The maximum Gasteiger partial charge on any atom is 0.306 e. The van der Waals surface area contributed by atoms with Crippen molar-refractivity contribution in [2.75, 3.05) is 0 Å². The number of nitrogens with zero attached hydrogens (tertiary/aromatic N) is 2. The van der Waals surface area contributed by atoms with Gasteiger partial charge in [0.25, 0.3) is 0 Å². The van der Waals surface area contributed by atoms with Crippen LogP contribution in [0.1, 0.15) is 0 Å². The highest BCUT2D eigenvalue weighted by molar-refractivity contribution is 5.60. The van der Waals surface area contributed by atoms with Gasteiger partial charge in [-0.3, -0.25) is 4.40 Å². The average molecular weight is 220 g/mol. The van der Waals surface area contributed by atoms with Crippen LogP contribution in [0.3, 0.4) is 0 Å². The van der Waals surface area contributed by atoms with Gasteiger partial charge in [-0.15, -0.1) is 0 Å². The number of benzene rings is 1. The highest BCUT2D eigenvalue weighted by Gasteiger charge is 2.09. The molecule has 0 aliphatic carbocycles. The van der Waals surface area contributed by atoms with Gasteiger partial charge >= 0.3 is 5.84 Å². The second-order valence-corrected chi connectivity index (χ2v) is 3.35. The number of fused-ring (bicyclic) bond motifs is 1. The number of aromatic nitrogens is 2. The van der Waals surface area contributed by atoms with Gasteiger partial charge in [0.2, 0.25) is 0 Å². The van der Waals surface area contributed by atoms with E-state index < -0.39 is 11.6 Å². The number of halogens is 2. The van der Waals surface area contributed by atoms with Crippen LogP contribution in [0, 0.1) is 11.6 Å². The third-order valence-corrected chi connectivity index (χ3v) is 2.31. The summed E-state index contributed by atoms with van der Waals surface area (Å²) < 4.78 is 32.5. The van der Waals surface area contributed by atoms with Crippen LogP contribution in [0.25, 0.3) is 17.1 Å². The summed E-state index contributed by atoms with van der Waals surface area (Å²) >= 11 is 0. The molecule has 0 atom stereocenters. The Bertz CT molecular complexity index is 628. The van der Waals surface area contributed by atoms with E-state index in [1.54, 1.807) is 16.8 Å². The van der Waals surface area contributed by atoms with Crippen LogP contribution in [0.5, 0.6) is 0 Å². The van der Waals surface area contributed by atoms with Gasteiger partial charge in [-0.2, -0.15) is 4.98 Å². The third-order valence-electron chi connectivity index (χ3n) is 2.31. The number of rotatable bonds is 1. The molecule has 1 aromatic carbocycles. The molecule has 0 radical (unpaired) electrons. The normalized spacial score (nSPS) is 11.1. The Morgan fingerprint density at radius 2 is 2.06 bits per heavy atom. The van der Waals surface area contributed by atoms with Crippen LogP contribution < -0.4 is 0 Å². The van der Waals surface area contributed by atoms with Crippen molar-refractivity contribution in [3.63, 3.8) is 0 Å². The lowest BCUT2D eigenvalue weighted by molar-refractivity contribution is 0.509. The third kappa shape index (κ3) is 1.29. The van der Waals surface area contributed by atoms with E-state index >= 15 is 0 Å². The zero-order valence-electron chi connectivity index (χ0n) is 8.02. The van der Waals surface area contributed by atoms with Crippen molar-refractivity contribution in [1.29, 1.82) is 0 Å². The second kappa shape index (κ2) is 3.16. The fourth-order valence-electron chi connectivity index (χ4n) is 1.52. The van der Waals surface area contributed by atoms with Crippen molar-refractivity contribution in [3.05, 3.63) is 48.5 Å². The molecule has 80 valence electrons. The molecule has 3 aromatic rings. The second-order valence-electron chi connectivity index (χ2n) is 3.35. The molecule has 0 aliphatic heterocycles. The highest BCUT2D eigenvalue weighted by atomic mass is 19.2. The lowest BCUT2D eigenvalue weighted by atomic mass is 10.1. The molecule has 16 heavy (non-hydrogen) atoms. The first-order valence-electron chi connectivity index (χ1n) is 4.62. The summed E-state index contributed by atoms with van der Waals surface area (Å²) in [6.45, 7) is 0. The molecular weight excluding hydrogens is 214 g/mol. The van der Waals surface area contributed by atoms with Gasteiger partial charge in [0.1, 0.15) is 6.26 Å². The summed E-state index contributed by atoms with van der Waals surface area (Å²) in [6.07, 6.45) is 4.87. The van der Waals surface area contributed by atoms with Crippen molar-refractivity contribution in [1.82, 2.24) is 9.38 Å². The molecule has 3 rings (SSSR count). The fourth-order valence-corrected chi connectivity index (χ4v) is 1.52. The summed E-state index contributed by atoms with van der Waals surface area (Å²) in [5.41, 5.74) is 1.05. The van der Waals surface area contributed by atoms with E-state index in [1.807, 2.05) is 0 Å². The number of hydrogen-bond donors (Lipinski definition) is 0. The van der Waals surface area contributed by atoms with E-state index in [0.29, 0.717) is 17.1 Å². The molecular formula is C11H6F2N2O. The van der Waals surface area contributed by atoms with E-state index in [0.717, 1.165) is 12.1 Å². The molecule has 2 heterocycles. The summed E-state index contributed by atoms with van der Waals surface area (Å²) in [6, 6.07) is 3.66. The smallest absolute Gasteiger partial charge is 0.306 e. The molecule has 0 spiro atoms. The highest BCUT2D eigenvalue weighted by Crippen LogP contribution is 2.21. The first kappa shape index (κ1) is 9.08. The SMILES string of the molecule is Fc1ccc(-c2cn3ccoc3n2)cc1F. The molecule has 0 unspecified atom stereocenters. The Kier molecular flexibility index (Phi) is 1.80. The number of oxazole rings is 1. The van der Waals surface area contributed by atoms with E-state index in [2.05, 4.69) is 4.98 Å². The quantitative estimate of drug-likeness (QED) is 0.631. The molecule has 3 nitrogen and oxygen atoms in total. The van der Waals surface area contributed by atoms with Gasteiger partial charge in [-0.25, -0.2) is 8.78 Å². The number of hydrogen-bond acceptors (Lipinski definition) is 2. The van der Waals surface area contributed by atoms with Gasteiger partial charge in [0, 0.05) is 18.0 Å². The molecule has 0 N–H and O–H groups in total. The minimum absolute atomic E-state index is 0.416. The van der Waals surface area contributed by atoms with Crippen LogP contribution in [0.4, 0.5) is 8.78 Å². The first-order valence-corrected chi connectivity index (χ1v) is 4.62. The zero-order valence-corrected chi connectivity index (χ0v) is 8.02. The Labute approximate surface area is 89.0 Å². The maximum absolute atomic E-state index is 13.0. The lowest BCUT2D eigenvalue weighted by Gasteiger charge is -1.96. The molecule has 0 saturated heterocycles. The summed E-state index contributed by atoms with van der Waals surface area (Å²) in [7, 11) is 0. The van der Waals surface area contributed by atoms with Gasteiger partial charge < -0.3 is 4.42 Å². The largest absolute Gasteiger partial charge is 0.432 e. The predicted molar refractivity (Wildman–Crippen MR) is 52.8 cm³/mol. The van der Waals surface area contributed by atoms with Crippen molar-refractivity contribution in [2.24, 2.45) is 0 Å².